The van der Waals surface area contributed by atoms with Crippen molar-refractivity contribution in [2.45, 2.75) is 18.8 Å². The standard InChI is InChI=1S/C13H16F4N2O.ClH/c14-10-2-1-9(12(5-10)13(15,16)17)7-19-3-4-20-11(6-18)8-19;/h1-2,5,11H,3-4,6-8,18H2;1H. The van der Waals surface area contributed by atoms with Crippen LogP contribution in [-0.4, -0.2) is 37.2 Å². The quantitative estimate of drug-likeness (QED) is 0.866. The van der Waals surface area contributed by atoms with Gasteiger partial charge in [-0.25, -0.2) is 4.39 Å². The Kier molecular flexibility index (Phi) is 6.40. The van der Waals surface area contributed by atoms with Crippen LogP contribution in [-0.2, 0) is 17.5 Å². The van der Waals surface area contributed by atoms with Crippen LogP contribution in [0.25, 0.3) is 0 Å². The summed E-state index contributed by atoms with van der Waals surface area (Å²) in [4.78, 5) is 1.84. The van der Waals surface area contributed by atoms with Crippen molar-refractivity contribution < 1.29 is 22.3 Å². The fourth-order valence-electron chi connectivity index (χ4n) is 2.26. The summed E-state index contributed by atoms with van der Waals surface area (Å²) in [5.74, 6) is -0.886. The molecule has 0 bridgehead atoms. The number of ether oxygens (including phenoxy) is 1. The SMILES string of the molecule is Cl.NCC1CN(Cc2ccc(F)cc2C(F)(F)F)CCO1. The van der Waals surface area contributed by atoms with Crippen LogP contribution in [0.1, 0.15) is 11.1 Å². The van der Waals surface area contributed by atoms with E-state index in [0.717, 1.165) is 6.07 Å². The van der Waals surface area contributed by atoms with Crippen molar-refractivity contribution in [3.63, 3.8) is 0 Å². The van der Waals surface area contributed by atoms with Crippen LogP contribution in [0, 0.1) is 5.82 Å². The van der Waals surface area contributed by atoms with Crippen molar-refractivity contribution in [2.24, 2.45) is 5.73 Å². The second-order valence-corrected chi connectivity index (χ2v) is 4.76. The Bertz CT molecular complexity index is 470. The molecule has 0 saturated carbocycles. The van der Waals surface area contributed by atoms with Crippen LogP contribution < -0.4 is 5.73 Å². The highest BCUT2D eigenvalue weighted by molar-refractivity contribution is 5.85. The van der Waals surface area contributed by atoms with Crippen LogP contribution in [0.2, 0.25) is 0 Å². The molecular formula is C13H17ClF4N2O. The van der Waals surface area contributed by atoms with Gasteiger partial charge in [0.05, 0.1) is 18.3 Å². The molecule has 0 radical (unpaired) electrons. The third-order valence-corrected chi connectivity index (χ3v) is 3.26. The Labute approximate surface area is 126 Å². The van der Waals surface area contributed by atoms with E-state index in [1.165, 1.54) is 6.07 Å². The molecule has 0 aromatic heterocycles. The topological polar surface area (TPSA) is 38.5 Å². The van der Waals surface area contributed by atoms with Gasteiger partial charge in [0, 0.05) is 26.2 Å². The molecule has 1 saturated heterocycles. The predicted octanol–water partition coefficient (Wildman–Crippen LogP) is 2.43. The molecular weight excluding hydrogens is 312 g/mol. The molecule has 3 nitrogen and oxygen atoms in total. The van der Waals surface area contributed by atoms with Crippen molar-refractivity contribution in [3.05, 3.63) is 35.1 Å². The molecule has 1 aromatic rings. The van der Waals surface area contributed by atoms with Crippen molar-refractivity contribution >= 4 is 12.4 Å². The largest absolute Gasteiger partial charge is 0.416 e. The number of alkyl halides is 3. The van der Waals surface area contributed by atoms with E-state index in [1.807, 2.05) is 4.90 Å². The molecule has 120 valence electrons. The third kappa shape index (κ3) is 4.81. The molecule has 1 aliphatic rings. The lowest BCUT2D eigenvalue weighted by molar-refractivity contribution is -0.138. The summed E-state index contributed by atoms with van der Waals surface area (Å²) in [6.07, 6.45) is -4.73. The van der Waals surface area contributed by atoms with Gasteiger partial charge in [-0.2, -0.15) is 13.2 Å². The van der Waals surface area contributed by atoms with Crippen LogP contribution in [0.4, 0.5) is 17.6 Å². The maximum atomic E-state index is 13.0. The van der Waals surface area contributed by atoms with E-state index in [0.29, 0.717) is 32.3 Å². The number of hydrogen-bond donors (Lipinski definition) is 1. The first-order valence-electron chi connectivity index (χ1n) is 6.30. The monoisotopic (exact) mass is 328 g/mol. The zero-order valence-corrected chi connectivity index (χ0v) is 12.0. The van der Waals surface area contributed by atoms with Crippen LogP contribution >= 0.6 is 12.4 Å². The minimum absolute atomic E-state index is 0. The van der Waals surface area contributed by atoms with E-state index < -0.39 is 17.6 Å². The molecule has 0 amide bonds. The minimum Gasteiger partial charge on any atom is -0.374 e. The van der Waals surface area contributed by atoms with E-state index in [1.54, 1.807) is 0 Å². The summed E-state index contributed by atoms with van der Waals surface area (Å²) >= 11 is 0. The van der Waals surface area contributed by atoms with E-state index in [9.17, 15) is 17.6 Å². The lowest BCUT2D eigenvalue weighted by Gasteiger charge is -2.32. The van der Waals surface area contributed by atoms with Crippen LogP contribution in [0.5, 0.6) is 0 Å². The smallest absolute Gasteiger partial charge is 0.374 e. The highest BCUT2D eigenvalue weighted by Gasteiger charge is 2.34. The number of hydrogen-bond acceptors (Lipinski definition) is 3. The van der Waals surface area contributed by atoms with Crippen molar-refractivity contribution in [1.82, 2.24) is 4.90 Å². The van der Waals surface area contributed by atoms with Gasteiger partial charge in [0.1, 0.15) is 5.82 Å². The average Bonchev–Trinajstić information content (AvgIpc) is 2.40. The number of halogens is 5. The van der Waals surface area contributed by atoms with Crippen molar-refractivity contribution in [1.29, 1.82) is 0 Å². The first-order chi connectivity index (χ1) is 9.40. The van der Waals surface area contributed by atoms with Gasteiger partial charge in [-0.1, -0.05) is 6.07 Å². The van der Waals surface area contributed by atoms with Crippen LogP contribution in [0.3, 0.4) is 0 Å². The minimum atomic E-state index is -4.56. The van der Waals surface area contributed by atoms with Gasteiger partial charge in [0.2, 0.25) is 0 Å². The molecule has 1 unspecified atom stereocenters. The lowest BCUT2D eigenvalue weighted by atomic mass is 10.1. The zero-order valence-electron chi connectivity index (χ0n) is 11.2. The fourth-order valence-corrected chi connectivity index (χ4v) is 2.26. The molecule has 1 fully saturated rings. The normalized spacial score (nSPS) is 20.1. The first kappa shape index (κ1) is 18.2. The maximum Gasteiger partial charge on any atom is 0.416 e. The summed E-state index contributed by atoms with van der Waals surface area (Å²) in [7, 11) is 0. The van der Waals surface area contributed by atoms with Gasteiger partial charge in [-0.3, -0.25) is 4.90 Å². The van der Waals surface area contributed by atoms with E-state index in [-0.39, 0.29) is 30.6 Å². The summed E-state index contributed by atoms with van der Waals surface area (Å²) in [5, 5.41) is 0. The molecule has 1 aliphatic heterocycles. The van der Waals surface area contributed by atoms with Crippen molar-refractivity contribution in [2.75, 3.05) is 26.2 Å². The molecule has 8 heteroatoms. The van der Waals surface area contributed by atoms with E-state index in [2.05, 4.69) is 0 Å². The summed E-state index contributed by atoms with van der Waals surface area (Å²) in [6, 6.07) is 2.77. The molecule has 1 atom stereocenters. The third-order valence-electron chi connectivity index (χ3n) is 3.26. The Balaban J connectivity index is 0.00000220. The van der Waals surface area contributed by atoms with Gasteiger partial charge in [-0.15, -0.1) is 12.4 Å². The molecule has 2 rings (SSSR count). The second kappa shape index (κ2) is 7.40. The van der Waals surface area contributed by atoms with Gasteiger partial charge in [0.25, 0.3) is 0 Å². The van der Waals surface area contributed by atoms with Crippen molar-refractivity contribution in [3.8, 4) is 0 Å². The van der Waals surface area contributed by atoms with E-state index >= 15 is 0 Å². The maximum absolute atomic E-state index is 13.0. The average molecular weight is 329 g/mol. The summed E-state index contributed by atoms with van der Waals surface area (Å²) in [5.41, 5.74) is 4.64. The Hall–Kier alpha value is -0.890. The number of morpholine rings is 1. The van der Waals surface area contributed by atoms with Gasteiger partial charge >= 0.3 is 6.18 Å². The zero-order chi connectivity index (χ0) is 14.8. The van der Waals surface area contributed by atoms with Crippen LogP contribution in [0.15, 0.2) is 18.2 Å². The molecule has 21 heavy (non-hydrogen) atoms. The van der Waals surface area contributed by atoms with Gasteiger partial charge in [-0.05, 0) is 17.7 Å². The van der Waals surface area contributed by atoms with Gasteiger partial charge in [0.15, 0.2) is 0 Å². The van der Waals surface area contributed by atoms with Gasteiger partial charge < -0.3 is 10.5 Å². The molecule has 1 aromatic carbocycles. The first-order valence-corrected chi connectivity index (χ1v) is 6.30. The molecule has 0 spiro atoms. The Morgan fingerprint density at radius 2 is 2.05 bits per heavy atom. The summed E-state index contributed by atoms with van der Waals surface area (Å²) < 4.78 is 57.1. The predicted molar refractivity (Wildman–Crippen MR) is 72.7 cm³/mol. The molecule has 1 heterocycles. The molecule has 0 aliphatic carbocycles. The highest BCUT2D eigenvalue weighted by Crippen LogP contribution is 2.33. The Morgan fingerprint density at radius 3 is 2.67 bits per heavy atom. The van der Waals surface area contributed by atoms with E-state index in [4.69, 9.17) is 10.5 Å². The highest BCUT2D eigenvalue weighted by atomic mass is 35.5. The fraction of sp³-hybridized carbons (Fsp3) is 0.538. The summed E-state index contributed by atoms with van der Waals surface area (Å²) in [6.45, 7) is 1.88. The lowest BCUT2D eigenvalue weighted by Crippen LogP contribution is -2.45. The Morgan fingerprint density at radius 1 is 1.33 bits per heavy atom. The molecule has 2 N–H and O–H groups in total. The number of nitrogens with zero attached hydrogens (tertiary/aromatic N) is 1. The number of rotatable bonds is 3. The second-order valence-electron chi connectivity index (χ2n) is 4.76. The number of benzene rings is 1. The number of nitrogens with two attached hydrogens (primary N) is 1.